The molecule has 0 radical (unpaired) electrons. The van der Waals surface area contributed by atoms with Gasteiger partial charge in [-0.05, 0) is 177 Å². The van der Waals surface area contributed by atoms with Gasteiger partial charge in [-0.1, -0.05) is 97.1 Å². The van der Waals surface area contributed by atoms with E-state index in [-0.39, 0.29) is 0 Å². The minimum absolute atomic E-state index is 0.349. The molecule has 3 aliphatic heterocycles. The van der Waals surface area contributed by atoms with Crippen LogP contribution in [0.4, 0.5) is 0 Å². The predicted octanol–water partition coefficient (Wildman–Crippen LogP) is 12.7. The summed E-state index contributed by atoms with van der Waals surface area (Å²) in [5, 5.41) is 31.5. The number of carbonyl (C=O) groups is 3. The van der Waals surface area contributed by atoms with E-state index in [0.29, 0.717) is 41.0 Å². The van der Waals surface area contributed by atoms with Gasteiger partial charge in [-0.2, -0.15) is 0 Å². The van der Waals surface area contributed by atoms with E-state index in [1.54, 1.807) is 36.4 Å². The molecule has 0 bridgehead atoms. The molecule has 9 aromatic rings. The lowest BCUT2D eigenvalue weighted by atomic mass is 9.89. The molecular weight excluding hydrogens is 937 g/mol. The molecule has 3 saturated heterocycles. The van der Waals surface area contributed by atoms with Crippen LogP contribution in [-0.2, 0) is 19.6 Å². The predicted molar refractivity (Wildman–Crippen MR) is 297 cm³/mol. The number of benzene rings is 6. The van der Waals surface area contributed by atoms with Crippen LogP contribution in [0.2, 0.25) is 0 Å². The molecule has 3 aliphatic rings. The topological polar surface area (TPSA) is 169 Å². The van der Waals surface area contributed by atoms with Crippen molar-refractivity contribution in [3.63, 3.8) is 0 Å². The summed E-state index contributed by atoms with van der Waals surface area (Å²) in [5.41, 5.74) is 12.2. The van der Waals surface area contributed by atoms with E-state index in [0.717, 1.165) is 102 Å². The summed E-state index contributed by atoms with van der Waals surface area (Å²) in [4.78, 5) is 50.8. The summed E-state index contributed by atoms with van der Waals surface area (Å²) in [6, 6.07) is 47.3. The maximum Gasteiger partial charge on any atom is 0.336 e. The van der Waals surface area contributed by atoms with E-state index < -0.39 is 17.9 Å². The standard InChI is InChI=1S/3C21H22N2O2/c24-21(25)17-5-3-4-15(12-17)14-23-10-8-16(9-11-23)19-13-22-20-7-2-1-6-18(19)20;24-21(25)17-6-2-1-5-16(17)14-23-11-9-15(10-12-23)19-13-22-20-8-4-3-7-18(19)20;24-21(25)17-7-5-15(6-8-17)14-23-11-9-16(10-12-23)19-13-22-20-4-2-1-3-18(19)20/h1-7,12-13,16,22H,8-11,14H2,(H,24,25);1-8,13,15,22H,9-12,14H2,(H,24,25);1-8,13,16,22H,9-12,14H2,(H,24,25). The van der Waals surface area contributed by atoms with Gasteiger partial charge in [0, 0.05) is 70.9 Å². The number of rotatable bonds is 12. The van der Waals surface area contributed by atoms with Crippen molar-refractivity contribution in [1.82, 2.24) is 29.7 Å². The third kappa shape index (κ3) is 12.3. The SMILES string of the molecule is O=C(O)c1ccc(CN2CCC(c3c[nH]c4ccccc34)CC2)cc1.O=C(O)c1cccc(CN2CCC(c3c[nH]c4ccccc34)CC2)c1.O=C(O)c1ccccc1CN1CCC(c2c[nH]c3ccccc23)CC1. The third-order valence-corrected chi connectivity index (χ3v) is 15.8. The van der Waals surface area contributed by atoms with Gasteiger partial charge in [0.25, 0.3) is 0 Å². The average molecular weight is 1000 g/mol. The van der Waals surface area contributed by atoms with Crippen molar-refractivity contribution in [3.8, 4) is 0 Å². The van der Waals surface area contributed by atoms with Gasteiger partial charge < -0.3 is 30.3 Å². The van der Waals surface area contributed by atoms with Gasteiger partial charge in [0.15, 0.2) is 0 Å². The van der Waals surface area contributed by atoms with Crippen molar-refractivity contribution < 1.29 is 29.7 Å². The normalized spacial score (nSPS) is 16.3. The summed E-state index contributed by atoms with van der Waals surface area (Å²) in [7, 11) is 0. The van der Waals surface area contributed by atoms with Gasteiger partial charge in [0.2, 0.25) is 0 Å². The molecule has 6 heterocycles. The number of carboxylic acid groups (broad SMARTS) is 3. The Hall–Kier alpha value is -7.77. The number of hydrogen-bond donors (Lipinski definition) is 6. The van der Waals surface area contributed by atoms with E-state index in [1.807, 2.05) is 36.4 Å². The highest BCUT2D eigenvalue weighted by atomic mass is 16.4. The molecule has 75 heavy (non-hydrogen) atoms. The summed E-state index contributed by atoms with van der Waals surface area (Å²) in [5.74, 6) is -0.795. The Morgan fingerprint density at radius 1 is 0.400 bits per heavy atom. The van der Waals surface area contributed by atoms with Crippen molar-refractivity contribution in [1.29, 1.82) is 0 Å². The zero-order valence-corrected chi connectivity index (χ0v) is 42.3. The first kappa shape index (κ1) is 50.7. The van der Waals surface area contributed by atoms with E-state index in [9.17, 15) is 19.5 Å². The summed E-state index contributed by atoms with van der Waals surface area (Å²) >= 11 is 0. The molecule has 3 fully saturated rings. The van der Waals surface area contributed by atoms with Gasteiger partial charge in [-0.25, -0.2) is 14.4 Å². The zero-order valence-electron chi connectivity index (χ0n) is 42.3. The molecule has 0 unspecified atom stereocenters. The van der Waals surface area contributed by atoms with Crippen LogP contribution in [0.1, 0.15) is 121 Å². The molecule has 0 saturated carbocycles. The van der Waals surface area contributed by atoms with Gasteiger partial charge in [0.05, 0.1) is 16.7 Å². The summed E-state index contributed by atoms with van der Waals surface area (Å²) in [6.45, 7) is 8.65. The molecule has 12 heteroatoms. The molecule has 0 amide bonds. The minimum Gasteiger partial charge on any atom is -0.478 e. The fourth-order valence-corrected chi connectivity index (χ4v) is 11.7. The molecular formula is C63H66N6O6. The molecule has 0 atom stereocenters. The molecule has 3 aromatic heterocycles. The number of aromatic amines is 3. The lowest BCUT2D eigenvalue weighted by Gasteiger charge is -2.32. The second-order valence-corrected chi connectivity index (χ2v) is 20.5. The van der Waals surface area contributed by atoms with Gasteiger partial charge in [0.1, 0.15) is 0 Å². The number of piperidine rings is 3. The van der Waals surface area contributed by atoms with Crippen LogP contribution in [0.3, 0.4) is 0 Å². The first-order valence-corrected chi connectivity index (χ1v) is 26.4. The number of H-pyrrole nitrogens is 3. The van der Waals surface area contributed by atoms with Crippen molar-refractivity contribution in [2.45, 2.75) is 75.9 Å². The van der Waals surface area contributed by atoms with Crippen molar-refractivity contribution in [2.75, 3.05) is 39.3 Å². The van der Waals surface area contributed by atoms with Crippen LogP contribution in [0, 0.1) is 0 Å². The number of nitrogens with zero attached hydrogens (tertiary/aromatic N) is 3. The van der Waals surface area contributed by atoms with E-state index in [4.69, 9.17) is 10.2 Å². The van der Waals surface area contributed by atoms with Crippen LogP contribution < -0.4 is 0 Å². The third-order valence-electron chi connectivity index (χ3n) is 15.8. The molecule has 6 aromatic carbocycles. The number of nitrogens with one attached hydrogen (secondary N) is 3. The molecule has 12 rings (SSSR count). The van der Waals surface area contributed by atoms with Gasteiger partial charge in [-0.15, -0.1) is 0 Å². The largest absolute Gasteiger partial charge is 0.478 e. The highest BCUT2D eigenvalue weighted by Crippen LogP contribution is 2.36. The van der Waals surface area contributed by atoms with Gasteiger partial charge >= 0.3 is 17.9 Å². The second kappa shape index (κ2) is 23.6. The first-order valence-electron chi connectivity index (χ1n) is 26.4. The molecule has 0 spiro atoms. The van der Waals surface area contributed by atoms with Crippen LogP contribution in [0.15, 0.2) is 164 Å². The van der Waals surface area contributed by atoms with Crippen LogP contribution in [-0.4, -0.2) is 102 Å². The van der Waals surface area contributed by atoms with Crippen LogP contribution in [0.5, 0.6) is 0 Å². The summed E-state index contributed by atoms with van der Waals surface area (Å²) < 4.78 is 0. The Morgan fingerprint density at radius 2 is 0.800 bits per heavy atom. The fraction of sp³-hybridized carbons (Fsp3) is 0.286. The number of carboxylic acids is 3. The number of hydrogen-bond acceptors (Lipinski definition) is 6. The maximum atomic E-state index is 11.4. The van der Waals surface area contributed by atoms with Crippen molar-refractivity contribution in [2.24, 2.45) is 0 Å². The van der Waals surface area contributed by atoms with Gasteiger partial charge in [-0.3, -0.25) is 14.7 Å². The van der Waals surface area contributed by atoms with E-state index in [2.05, 4.69) is 121 Å². The van der Waals surface area contributed by atoms with Crippen LogP contribution >= 0.6 is 0 Å². The van der Waals surface area contributed by atoms with Crippen molar-refractivity contribution in [3.05, 3.63) is 214 Å². The lowest BCUT2D eigenvalue weighted by Crippen LogP contribution is -2.32. The second-order valence-electron chi connectivity index (χ2n) is 20.5. The molecule has 384 valence electrons. The molecule has 6 N–H and O–H groups in total. The molecule has 0 aliphatic carbocycles. The monoisotopic (exact) mass is 1000 g/mol. The Balaban J connectivity index is 0.000000128. The first-order chi connectivity index (χ1) is 36.6. The quantitative estimate of drug-likeness (QED) is 0.0698. The number of para-hydroxylation sites is 3. The number of aromatic carboxylic acids is 3. The highest BCUT2D eigenvalue weighted by Gasteiger charge is 2.26. The Morgan fingerprint density at radius 3 is 1.24 bits per heavy atom. The number of fused-ring (bicyclic) bond motifs is 3. The zero-order chi connectivity index (χ0) is 51.7. The minimum atomic E-state index is -0.869. The Kier molecular flexibility index (Phi) is 16.0. The number of likely N-dealkylation sites (tertiary alicyclic amines) is 3. The summed E-state index contributed by atoms with van der Waals surface area (Å²) in [6.07, 6.45) is 13.3. The van der Waals surface area contributed by atoms with Crippen LogP contribution in [0.25, 0.3) is 32.7 Å². The smallest absolute Gasteiger partial charge is 0.336 e. The maximum absolute atomic E-state index is 11.4. The average Bonchev–Trinajstić information content (AvgIpc) is 4.20. The lowest BCUT2D eigenvalue weighted by molar-refractivity contribution is 0.0684. The Labute approximate surface area is 437 Å². The molecule has 12 nitrogen and oxygen atoms in total. The van der Waals surface area contributed by atoms with E-state index in [1.165, 1.54) is 55.0 Å². The highest BCUT2D eigenvalue weighted by molar-refractivity contribution is 5.90. The number of aromatic nitrogens is 3. The Bertz CT molecular complexity index is 3370. The van der Waals surface area contributed by atoms with Crippen molar-refractivity contribution >= 4 is 50.6 Å². The van der Waals surface area contributed by atoms with E-state index >= 15 is 0 Å². The fourth-order valence-electron chi connectivity index (χ4n) is 11.7.